The summed E-state index contributed by atoms with van der Waals surface area (Å²) < 4.78 is 0. The number of rotatable bonds is 2. The number of carbonyl (C=O) groups is 1. The molecule has 1 amide bonds. The van der Waals surface area contributed by atoms with E-state index < -0.39 is 0 Å². The molecule has 3 aromatic carbocycles. The number of hydrogen-bond donors (Lipinski definition) is 0. The van der Waals surface area contributed by atoms with E-state index in [2.05, 4.69) is 17.1 Å². The number of amides is 1. The van der Waals surface area contributed by atoms with Crippen molar-refractivity contribution in [2.75, 3.05) is 4.90 Å². The molecule has 0 saturated heterocycles. The van der Waals surface area contributed by atoms with Gasteiger partial charge in [-0.2, -0.15) is 0 Å². The van der Waals surface area contributed by atoms with Crippen LogP contribution >= 0.6 is 0 Å². The minimum atomic E-state index is -0.0284. The highest BCUT2D eigenvalue weighted by Crippen LogP contribution is 2.32. The van der Waals surface area contributed by atoms with E-state index in [9.17, 15) is 4.79 Å². The van der Waals surface area contributed by atoms with Crippen molar-refractivity contribution in [3.05, 3.63) is 72.3 Å². The van der Waals surface area contributed by atoms with Crippen LogP contribution in [-0.4, -0.2) is 17.7 Å². The topological polar surface area (TPSA) is 32.7 Å². The Hall–Kier alpha value is -2.94. The van der Waals surface area contributed by atoms with Gasteiger partial charge in [0.25, 0.3) is 5.91 Å². The van der Waals surface area contributed by atoms with Gasteiger partial charge in [0.15, 0.2) is 0 Å². The molecule has 0 N–H and O–H groups in total. The van der Waals surface area contributed by atoms with E-state index in [-0.39, 0.29) is 11.9 Å². The Kier molecular flexibility index (Phi) is 3.42. The van der Waals surface area contributed by atoms with Crippen molar-refractivity contribution in [1.29, 1.82) is 0 Å². The molecule has 3 heteroatoms. The van der Waals surface area contributed by atoms with Gasteiger partial charge in [-0.1, -0.05) is 48.5 Å². The van der Waals surface area contributed by atoms with Gasteiger partial charge in [-0.15, -0.1) is 0 Å². The second-order valence-electron chi connectivity index (χ2n) is 6.28. The number of anilines is 1. The van der Waals surface area contributed by atoms with Gasteiger partial charge in [-0.3, -0.25) is 4.79 Å². The fourth-order valence-electron chi connectivity index (χ4n) is 3.22. The molecule has 4 rings (SSSR count). The molecule has 0 aromatic heterocycles. The van der Waals surface area contributed by atoms with Crippen molar-refractivity contribution in [1.82, 2.24) is 0 Å². The molecule has 1 aliphatic heterocycles. The van der Waals surface area contributed by atoms with E-state index >= 15 is 0 Å². The van der Waals surface area contributed by atoms with Gasteiger partial charge >= 0.3 is 0 Å². The Bertz CT molecular complexity index is 972. The molecular formula is C21H18N2O. The second kappa shape index (κ2) is 5.60. The van der Waals surface area contributed by atoms with Crippen LogP contribution in [-0.2, 0) is 4.79 Å². The lowest BCUT2D eigenvalue weighted by Crippen LogP contribution is -2.35. The van der Waals surface area contributed by atoms with E-state index in [1.165, 1.54) is 5.39 Å². The van der Waals surface area contributed by atoms with Crippen LogP contribution in [0.2, 0.25) is 0 Å². The third kappa shape index (κ3) is 2.29. The molecule has 3 aromatic rings. The van der Waals surface area contributed by atoms with Gasteiger partial charge in [0, 0.05) is 11.6 Å². The van der Waals surface area contributed by atoms with Crippen molar-refractivity contribution >= 4 is 33.8 Å². The minimum Gasteiger partial charge on any atom is -0.304 e. The highest BCUT2D eigenvalue weighted by molar-refractivity contribution is 6.54. The van der Waals surface area contributed by atoms with Gasteiger partial charge < -0.3 is 4.90 Å². The van der Waals surface area contributed by atoms with Gasteiger partial charge in [0.2, 0.25) is 0 Å². The fraction of sp³-hybridized carbons (Fsp3) is 0.143. The number of para-hydroxylation sites is 1. The van der Waals surface area contributed by atoms with E-state index in [0.717, 1.165) is 22.3 Å². The number of carbonyl (C=O) groups excluding carboxylic acids is 1. The highest BCUT2D eigenvalue weighted by Gasteiger charge is 2.35. The smallest absolute Gasteiger partial charge is 0.277 e. The van der Waals surface area contributed by atoms with Crippen molar-refractivity contribution in [3.8, 4) is 0 Å². The summed E-state index contributed by atoms with van der Waals surface area (Å²) in [7, 11) is 0. The van der Waals surface area contributed by atoms with Crippen molar-refractivity contribution < 1.29 is 4.79 Å². The van der Waals surface area contributed by atoms with Crippen LogP contribution in [0, 0.1) is 0 Å². The van der Waals surface area contributed by atoms with Crippen molar-refractivity contribution in [2.45, 2.75) is 19.9 Å². The quantitative estimate of drug-likeness (QED) is 0.674. The summed E-state index contributed by atoms with van der Waals surface area (Å²) in [6.07, 6.45) is 0. The molecule has 118 valence electrons. The molecule has 0 bridgehead atoms. The molecule has 24 heavy (non-hydrogen) atoms. The minimum absolute atomic E-state index is 0.0284. The molecule has 0 aliphatic carbocycles. The molecule has 0 radical (unpaired) electrons. The van der Waals surface area contributed by atoms with Crippen LogP contribution < -0.4 is 4.90 Å². The Morgan fingerprint density at radius 3 is 2.38 bits per heavy atom. The van der Waals surface area contributed by atoms with Crippen molar-refractivity contribution in [3.63, 3.8) is 0 Å². The largest absolute Gasteiger partial charge is 0.304 e. The summed E-state index contributed by atoms with van der Waals surface area (Å²) in [4.78, 5) is 19.4. The third-order valence-corrected chi connectivity index (χ3v) is 4.33. The molecule has 0 atom stereocenters. The summed E-state index contributed by atoms with van der Waals surface area (Å²) >= 11 is 0. The average molecular weight is 314 g/mol. The van der Waals surface area contributed by atoms with Gasteiger partial charge in [-0.25, -0.2) is 4.99 Å². The fourth-order valence-corrected chi connectivity index (χ4v) is 3.22. The molecule has 0 spiro atoms. The lowest BCUT2D eigenvalue weighted by atomic mass is 10.1. The van der Waals surface area contributed by atoms with E-state index in [1.54, 1.807) is 0 Å². The Morgan fingerprint density at radius 2 is 1.58 bits per heavy atom. The maximum Gasteiger partial charge on any atom is 0.277 e. The zero-order valence-corrected chi connectivity index (χ0v) is 13.7. The zero-order valence-electron chi connectivity index (χ0n) is 13.7. The summed E-state index contributed by atoms with van der Waals surface area (Å²) in [5.74, 6) is -0.0284. The molecule has 1 aliphatic rings. The molecule has 0 fully saturated rings. The highest BCUT2D eigenvalue weighted by atomic mass is 16.2. The molecule has 0 saturated carbocycles. The monoisotopic (exact) mass is 314 g/mol. The van der Waals surface area contributed by atoms with Crippen molar-refractivity contribution in [2.24, 2.45) is 4.99 Å². The SMILES string of the molecule is CC(C)N1C(=O)C(=Nc2ccc3ccccc3c2)c2ccccc21. The predicted molar refractivity (Wildman–Crippen MR) is 99.2 cm³/mol. The maximum absolute atomic E-state index is 12.9. The Labute approximate surface area is 141 Å². The second-order valence-corrected chi connectivity index (χ2v) is 6.28. The number of benzene rings is 3. The summed E-state index contributed by atoms with van der Waals surface area (Å²) in [5, 5.41) is 2.29. The van der Waals surface area contributed by atoms with Crippen LogP contribution in [0.15, 0.2) is 71.7 Å². The first-order chi connectivity index (χ1) is 11.6. The summed E-state index contributed by atoms with van der Waals surface area (Å²) in [5.41, 5.74) is 3.17. The lowest BCUT2D eigenvalue weighted by molar-refractivity contribution is -0.112. The van der Waals surface area contributed by atoms with Gasteiger partial charge in [0.1, 0.15) is 5.71 Å². The number of hydrogen-bond acceptors (Lipinski definition) is 2. The van der Waals surface area contributed by atoms with Crippen LogP contribution in [0.25, 0.3) is 10.8 Å². The van der Waals surface area contributed by atoms with Crippen LogP contribution in [0.4, 0.5) is 11.4 Å². The van der Waals surface area contributed by atoms with E-state index in [0.29, 0.717) is 5.71 Å². The normalized spacial score (nSPS) is 15.5. The standard InChI is InChI=1S/C21H18N2O/c1-14(2)23-19-10-6-5-9-18(19)20(21(23)24)22-17-12-11-15-7-3-4-8-16(15)13-17/h3-14H,1-2H3. The maximum atomic E-state index is 12.9. The molecular weight excluding hydrogens is 296 g/mol. The Morgan fingerprint density at radius 1 is 0.875 bits per heavy atom. The predicted octanol–water partition coefficient (Wildman–Crippen LogP) is 4.72. The third-order valence-electron chi connectivity index (χ3n) is 4.33. The van der Waals surface area contributed by atoms with Gasteiger partial charge in [-0.05, 0) is 42.8 Å². The number of nitrogens with zero attached hydrogens (tertiary/aromatic N) is 2. The van der Waals surface area contributed by atoms with E-state index in [4.69, 9.17) is 0 Å². The van der Waals surface area contributed by atoms with E-state index in [1.807, 2.05) is 73.3 Å². The van der Waals surface area contributed by atoms with Crippen LogP contribution in [0.1, 0.15) is 19.4 Å². The van der Waals surface area contributed by atoms with Crippen LogP contribution in [0.5, 0.6) is 0 Å². The average Bonchev–Trinajstić information content (AvgIpc) is 2.87. The molecule has 0 unspecified atom stereocenters. The number of aliphatic imine (C=N–C) groups is 1. The van der Waals surface area contributed by atoms with Gasteiger partial charge in [0.05, 0.1) is 11.4 Å². The first kappa shape index (κ1) is 14.6. The first-order valence-corrected chi connectivity index (χ1v) is 8.15. The molecule has 3 nitrogen and oxygen atoms in total. The first-order valence-electron chi connectivity index (χ1n) is 8.15. The number of fused-ring (bicyclic) bond motifs is 2. The lowest BCUT2D eigenvalue weighted by Gasteiger charge is -2.20. The summed E-state index contributed by atoms with van der Waals surface area (Å²) in [6.45, 7) is 4.04. The molecule has 1 heterocycles. The Balaban J connectivity index is 1.85. The zero-order chi connectivity index (χ0) is 16.7. The van der Waals surface area contributed by atoms with Crippen LogP contribution in [0.3, 0.4) is 0 Å². The summed E-state index contributed by atoms with van der Waals surface area (Å²) in [6, 6.07) is 22.1.